The Bertz CT molecular complexity index is 1020. The summed E-state index contributed by atoms with van der Waals surface area (Å²) in [5.74, 6) is 0. The van der Waals surface area contributed by atoms with Crippen LogP contribution < -0.4 is 4.72 Å². The van der Waals surface area contributed by atoms with E-state index in [0.717, 1.165) is 33.0 Å². The Hall–Kier alpha value is -2.02. The third-order valence-electron chi connectivity index (χ3n) is 4.29. The topological polar surface area (TPSA) is 59.1 Å². The van der Waals surface area contributed by atoms with Crippen molar-refractivity contribution in [3.05, 3.63) is 69.5 Å². The van der Waals surface area contributed by atoms with Crippen LogP contribution in [0.25, 0.3) is 11.3 Å². The van der Waals surface area contributed by atoms with Gasteiger partial charge in [0.1, 0.15) is 0 Å². The maximum Gasteiger partial charge on any atom is 0.241 e. The summed E-state index contributed by atoms with van der Waals surface area (Å²) in [7, 11) is -3.58. The molecule has 1 aromatic heterocycles. The molecule has 0 aliphatic carbocycles. The molecule has 4 nitrogen and oxygen atoms in total. The molecule has 0 spiro atoms. The fraction of sp³-hybridized carbons (Fsp3) is 0.250. The highest BCUT2D eigenvalue weighted by Gasteiger charge is 2.20. The van der Waals surface area contributed by atoms with E-state index in [1.165, 1.54) is 0 Å². The molecule has 136 valence electrons. The molecule has 0 aliphatic heterocycles. The first-order chi connectivity index (χ1) is 12.3. The number of rotatable bonds is 5. The van der Waals surface area contributed by atoms with Crippen molar-refractivity contribution in [1.29, 1.82) is 0 Å². The van der Waals surface area contributed by atoms with Gasteiger partial charge in [0, 0.05) is 17.0 Å². The molecule has 6 heteroatoms. The molecule has 3 aromatic rings. The SMILES string of the molecule is Cc1ccc(C)c(S(=O)(=O)N[C@H](C)c2ccc(-c3csc(C)n3)cc2)c1. The van der Waals surface area contributed by atoms with Crippen molar-refractivity contribution in [1.82, 2.24) is 9.71 Å². The van der Waals surface area contributed by atoms with Gasteiger partial charge in [0.05, 0.1) is 15.6 Å². The van der Waals surface area contributed by atoms with E-state index < -0.39 is 10.0 Å². The molecule has 0 bridgehead atoms. The van der Waals surface area contributed by atoms with Crippen LogP contribution in [0, 0.1) is 20.8 Å². The lowest BCUT2D eigenvalue weighted by molar-refractivity contribution is 0.566. The van der Waals surface area contributed by atoms with E-state index >= 15 is 0 Å². The van der Waals surface area contributed by atoms with Crippen molar-refractivity contribution in [2.45, 2.75) is 38.6 Å². The maximum atomic E-state index is 12.8. The Morgan fingerprint density at radius 3 is 2.35 bits per heavy atom. The molecule has 26 heavy (non-hydrogen) atoms. The molecule has 0 aliphatic rings. The lowest BCUT2D eigenvalue weighted by Crippen LogP contribution is -2.27. The second-order valence-corrected chi connectivity index (χ2v) is 9.23. The second kappa shape index (κ2) is 7.31. The number of hydrogen-bond donors (Lipinski definition) is 1. The first-order valence-electron chi connectivity index (χ1n) is 8.38. The number of hydrogen-bond acceptors (Lipinski definition) is 4. The molecule has 1 atom stereocenters. The Kier molecular flexibility index (Phi) is 5.27. The molecule has 0 amide bonds. The predicted molar refractivity (Wildman–Crippen MR) is 107 cm³/mol. The molecule has 0 fully saturated rings. The number of aromatic nitrogens is 1. The minimum atomic E-state index is -3.58. The lowest BCUT2D eigenvalue weighted by Gasteiger charge is -2.16. The van der Waals surface area contributed by atoms with Crippen LogP contribution >= 0.6 is 11.3 Å². The normalized spacial score (nSPS) is 12.9. The highest BCUT2D eigenvalue weighted by Crippen LogP contribution is 2.25. The van der Waals surface area contributed by atoms with Crippen molar-refractivity contribution >= 4 is 21.4 Å². The van der Waals surface area contributed by atoms with Crippen molar-refractivity contribution in [3.63, 3.8) is 0 Å². The standard InChI is InChI=1S/C20H22N2O2S2/c1-13-5-6-14(2)20(11-13)26(23,24)22-15(3)17-7-9-18(10-8-17)19-12-25-16(4)21-19/h5-12,15,22H,1-4H3/t15-/m1/s1. The Morgan fingerprint density at radius 2 is 1.73 bits per heavy atom. The van der Waals surface area contributed by atoms with Crippen molar-refractivity contribution in [2.24, 2.45) is 0 Å². The summed E-state index contributed by atoms with van der Waals surface area (Å²) in [5, 5.41) is 3.05. The van der Waals surface area contributed by atoms with Crippen molar-refractivity contribution in [3.8, 4) is 11.3 Å². The van der Waals surface area contributed by atoms with Gasteiger partial charge in [0.15, 0.2) is 0 Å². The fourth-order valence-corrected chi connectivity index (χ4v) is 4.98. The average Bonchev–Trinajstić information content (AvgIpc) is 3.03. The second-order valence-electron chi connectivity index (χ2n) is 6.49. The van der Waals surface area contributed by atoms with Crippen LogP contribution in [0.4, 0.5) is 0 Å². The van der Waals surface area contributed by atoms with E-state index in [4.69, 9.17) is 0 Å². The van der Waals surface area contributed by atoms with E-state index in [0.29, 0.717) is 4.90 Å². The molecule has 1 heterocycles. The molecule has 0 saturated carbocycles. The lowest BCUT2D eigenvalue weighted by atomic mass is 10.1. The number of thiazole rings is 1. The number of sulfonamides is 1. The number of nitrogens with one attached hydrogen (secondary N) is 1. The van der Waals surface area contributed by atoms with Crippen LogP contribution in [0.2, 0.25) is 0 Å². The summed E-state index contributed by atoms with van der Waals surface area (Å²) >= 11 is 1.61. The summed E-state index contributed by atoms with van der Waals surface area (Å²) in [6, 6.07) is 13.0. The monoisotopic (exact) mass is 386 g/mol. The maximum absolute atomic E-state index is 12.8. The molecule has 0 unspecified atom stereocenters. The van der Waals surface area contributed by atoms with E-state index in [1.807, 2.05) is 69.5 Å². The van der Waals surface area contributed by atoms with Gasteiger partial charge in [-0.3, -0.25) is 0 Å². The number of benzene rings is 2. The third-order valence-corrected chi connectivity index (χ3v) is 6.75. The summed E-state index contributed by atoms with van der Waals surface area (Å²) in [6.07, 6.45) is 0. The van der Waals surface area contributed by atoms with Crippen LogP contribution in [-0.2, 0) is 10.0 Å². The minimum absolute atomic E-state index is 0.328. The minimum Gasteiger partial charge on any atom is -0.242 e. The van der Waals surface area contributed by atoms with Crippen LogP contribution in [0.1, 0.15) is 34.7 Å². The Labute approximate surface area is 159 Å². The highest BCUT2D eigenvalue weighted by atomic mass is 32.2. The van der Waals surface area contributed by atoms with Gasteiger partial charge in [-0.05, 0) is 50.5 Å². The summed E-state index contributed by atoms with van der Waals surface area (Å²) in [5.41, 5.74) is 4.55. The zero-order valence-corrected chi connectivity index (χ0v) is 16.9. The molecule has 3 rings (SSSR count). The van der Waals surface area contributed by atoms with Crippen molar-refractivity contribution < 1.29 is 8.42 Å². The van der Waals surface area contributed by atoms with Crippen LogP contribution in [-0.4, -0.2) is 13.4 Å². The first-order valence-corrected chi connectivity index (χ1v) is 10.7. The van der Waals surface area contributed by atoms with Crippen LogP contribution in [0.5, 0.6) is 0 Å². The first kappa shape index (κ1) is 18.8. The number of aryl methyl sites for hydroxylation is 3. The van der Waals surface area contributed by atoms with Gasteiger partial charge in [0.25, 0.3) is 0 Å². The molecule has 1 N–H and O–H groups in total. The highest BCUT2D eigenvalue weighted by molar-refractivity contribution is 7.89. The average molecular weight is 387 g/mol. The van der Waals surface area contributed by atoms with E-state index in [-0.39, 0.29) is 6.04 Å². The summed E-state index contributed by atoms with van der Waals surface area (Å²) in [4.78, 5) is 4.81. The Morgan fingerprint density at radius 1 is 1.04 bits per heavy atom. The number of nitrogens with zero attached hydrogens (tertiary/aromatic N) is 1. The van der Waals surface area contributed by atoms with E-state index in [1.54, 1.807) is 17.4 Å². The van der Waals surface area contributed by atoms with Crippen molar-refractivity contribution in [2.75, 3.05) is 0 Å². The molecule has 0 saturated heterocycles. The molecular formula is C20H22N2O2S2. The zero-order valence-electron chi connectivity index (χ0n) is 15.3. The smallest absolute Gasteiger partial charge is 0.241 e. The Balaban J connectivity index is 1.81. The quantitative estimate of drug-likeness (QED) is 0.687. The third kappa shape index (κ3) is 4.03. The van der Waals surface area contributed by atoms with Crippen LogP contribution in [0.15, 0.2) is 52.7 Å². The van der Waals surface area contributed by atoms with Gasteiger partial charge in [-0.1, -0.05) is 36.4 Å². The summed E-state index contributed by atoms with van der Waals surface area (Å²) in [6.45, 7) is 7.53. The molecule has 0 radical (unpaired) electrons. The van der Waals surface area contributed by atoms with Gasteiger partial charge >= 0.3 is 0 Å². The fourth-order valence-electron chi connectivity index (χ4n) is 2.80. The van der Waals surface area contributed by atoms with Gasteiger partial charge in [-0.2, -0.15) is 0 Å². The zero-order chi connectivity index (χ0) is 18.9. The molecular weight excluding hydrogens is 364 g/mol. The molecule has 2 aromatic carbocycles. The predicted octanol–water partition coefficient (Wildman–Crippen LogP) is 4.77. The van der Waals surface area contributed by atoms with Gasteiger partial charge in [0.2, 0.25) is 10.0 Å². The largest absolute Gasteiger partial charge is 0.242 e. The van der Waals surface area contributed by atoms with Crippen LogP contribution in [0.3, 0.4) is 0 Å². The summed E-state index contributed by atoms with van der Waals surface area (Å²) < 4.78 is 28.3. The van der Waals surface area contributed by atoms with Gasteiger partial charge in [-0.15, -0.1) is 11.3 Å². The van der Waals surface area contributed by atoms with Gasteiger partial charge < -0.3 is 0 Å². The van der Waals surface area contributed by atoms with E-state index in [2.05, 4.69) is 9.71 Å². The van der Waals surface area contributed by atoms with Gasteiger partial charge in [-0.25, -0.2) is 18.1 Å². The van der Waals surface area contributed by atoms with E-state index in [9.17, 15) is 8.42 Å².